The van der Waals surface area contributed by atoms with Crippen LogP contribution in [0.4, 0.5) is 11.4 Å². The van der Waals surface area contributed by atoms with Crippen LogP contribution in [-0.2, 0) is 16.6 Å². The van der Waals surface area contributed by atoms with Crippen molar-refractivity contribution in [2.45, 2.75) is 36.7 Å². The van der Waals surface area contributed by atoms with E-state index in [1.807, 2.05) is 18.2 Å². The van der Waals surface area contributed by atoms with Crippen LogP contribution in [-0.4, -0.2) is 42.8 Å². The number of carbonyl (C=O) groups is 2. The Hall–Kier alpha value is -2.42. The van der Waals surface area contributed by atoms with Gasteiger partial charge < -0.3 is 5.32 Å². The Balaban J connectivity index is 1.95. The normalized spacial score (nSPS) is 17.2. The van der Waals surface area contributed by atoms with Crippen molar-refractivity contribution in [1.29, 1.82) is 0 Å². The standard InChI is InChI=1S/C15H18N6O2S/c1-9(24-14-17-18-19-20(14)4)12(22)21-11-8-6-5-7-10(11)16-13(23)15(21,2)3/h5-9H,1-4H3,(H,16,23)/t9-/m1/s1. The van der Waals surface area contributed by atoms with Crippen molar-refractivity contribution in [2.24, 2.45) is 7.05 Å². The Kier molecular flexibility index (Phi) is 4.04. The molecule has 1 atom stereocenters. The molecule has 9 heteroatoms. The number of aryl methyl sites for hydroxylation is 1. The number of rotatable bonds is 3. The Morgan fingerprint density at radius 2 is 2.04 bits per heavy atom. The topological polar surface area (TPSA) is 93.0 Å². The maximum atomic E-state index is 13.1. The zero-order valence-corrected chi connectivity index (χ0v) is 14.7. The monoisotopic (exact) mass is 346 g/mol. The smallest absolute Gasteiger partial charge is 0.250 e. The molecule has 0 saturated heterocycles. The van der Waals surface area contributed by atoms with E-state index in [4.69, 9.17) is 0 Å². The van der Waals surface area contributed by atoms with Gasteiger partial charge in [0.15, 0.2) is 0 Å². The third kappa shape index (κ3) is 2.64. The van der Waals surface area contributed by atoms with E-state index in [0.29, 0.717) is 16.5 Å². The minimum absolute atomic E-state index is 0.171. The van der Waals surface area contributed by atoms with Gasteiger partial charge >= 0.3 is 0 Å². The van der Waals surface area contributed by atoms with Gasteiger partial charge in [0.05, 0.1) is 16.6 Å². The van der Waals surface area contributed by atoms with Gasteiger partial charge in [0.1, 0.15) is 5.54 Å². The van der Waals surface area contributed by atoms with Gasteiger partial charge in [0.2, 0.25) is 17.0 Å². The summed E-state index contributed by atoms with van der Waals surface area (Å²) in [7, 11) is 1.72. The molecular weight excluding hydrogens is 328 g/mol. The molecule has 1 aliphatic rings. The fourth-order valence-electron chi connectivity index (χ4n) is 2.56. The molecule has 8 nitrogen and oxygen atoms in total. The highest BCUT2D eigenvalue weighted by molar-refractivity contribution is 8.00. The van der Waals surface area contributed by atoms with Crippen LogP contribution in [0.5, 0.6) is 0 Å². The van der Waals surface area contributed by atoms with Crippen molar-refractivity contribution in [3.05, 3.63) is 24.3 Å². The Labute approximate surface area is 143 Å². The molecule has 0 saturated carbocycles. The molecule has 24 heavy (non-hydrogen) atoms. The number of nitrogens with zero attached hydrogens (tertiary/aromatic N) is 5. The Bertz CT molecular complexity index is 803. The summed E-state index contributed by atoms with van der Waals surface area (Å²) in [5.41, 5.74) is 0.335. The van der Waals surface area contributed by atoms with E-state index in [1.165, 1.54) is 16.4 Å². The summed E-state index contributed by atoms with van der Waals surface area (Å²) in [6, 6.07) is 7.28. The van der Waals surface area contributed by atoms with Crippen molar-refractivity contribution < 1.29 is 9.59 Å². The molecule has 0 spiro atoms. The quantitative estimate of drug-likeness (QED) is 0.846. The van der Waals surface area contributed by atoms with Crippen LogP contribution in [0.3, 0.4) is 0 Å². The van der Waals surface area contributed by atoms with Crippen LogP contribution in [0.1, 0.15) is 20.8 Å². The van der Waals surface area contributed by atoms with Crippen LogP contribution in [0.2, 0.25) is 0 Å². The lowest BCUT2D eigenvalue weighted by molar-refractivity contribution is -0.126. The van der Waals surface area contributed by atoms with E-state index in [1.54, 1.807) is 38.8 Å². The minimum atomic E-state index is -0.988. The van der Waals surface area contributed by atoms with Crippen LogP contribution < -0.4 is 10.2 Å². The molecule has 1 N–H and O–H groups in total. The number of amides is 2. The summed E-state index contributed by atoms with van der Waals surface area (Å²) < 4.78 is 1.51. The summed E-state index contributed by atoms with van der Waals surface area (Å²) in [5.74, 6) is -0.387. The predicted molar refractivity (Wildman–Crippen MR) is 90.8 cm³/mol. The number of benzene rings is 1. The summed E-state index contributed by atoms with van der Waals surface area (Å²) in [6.45, 7) is 5.25. The van der Waals surface area contributed by atoms with Gasteiger partial charge in [-0.15, -0.1) is 5.10 Å². The molecule has 0 bridgehead atoms. The second-order valence-electron chi connectivity index (χ2n) is 6.05. The highest BCUT2D eigenvalue weighted by atomic mass is 32.2. The number of hydrogen-bond donors (Lipinski definition) is 1. The number of para-hydroxylation sites is 2. The SMILES string of the molecule is C[C@@H](Sc1nnnn1C)C(=O)N1c2ccccc2NC(=O)C1(C)C. The molecule has 2 amide bonds. The number of carbonyl (C=O) groups excluding carboxylic acids is 2. The molecule has 126 valence electrons. The van der Waals surface area contributed by atoms with Crippen LogP contribution >= 0.6 is 11.8 Å². The largest absolute Gasteiger partial charge is 0.322 e. The minimum Gasteiger partial charge on any atom is -0.322 e. The maximum absolute atomic E-state index is 13.1. The number of hydrogen-bond acceptors (Lipinski definition) is 6. The zero-order valence-electron chi connectivity index (χ0n) is 13.8. The lowest BCUT2D eigenvalue weighted by Gasteiger charge is -2.42. The van der Waals surface area contributed by atoms with Crippen LogP contribution in [0, 0.1) is 0 Å². The van der Waals surface area contributed by atoms with Crippen LogP contribution in [0.15, 0.2) is 29.4 Å². The van der Waals surface area contributed by atoms with Crippen LogP contribution in [0.25, 0.3) is 0 Å². The number of anilines is 2. The number of tetrazole rings is 1. The second kappa shape index (κ2) is 5.90. The van der Waals surface area contributed by atoms with Gasteiger partial charge in [-0.25, -0.2) is 4.68 Å². The molecule has 3 rings (SSSR count). The van der Waals surface area contributed by atoms with E-state index in [-0.39, 0.29) is 11.8 Å². The average Bonchev–Trinajstić information content (AvgIpc) is 2.93. The van der Waals surface area contributed by atoms with Gasteiger partial charge in [-0.05, 0) is 43.3 Å². The first kappa shape index (κ1) is 16.4. The number of fused-ring (bicyclic) bond motifs is 1. The van der Waals surface area contributed by atoms with E-state index in [2.05, 4.69) is 20.8 Å². The van der Waals surface area contributed by atoms with Gasteiger partial charge in [-0.3, -0.25) is 14.5 Å². The number of aromatic nitrogens is 4. The molecule has 2 heterocycles. The molecule has 0 fully saturated rings. The lowest BCUT2D eigenvalue weighted by Crippen LogP contribution is -2.60. The van der Waals surface area contributed by atoms with E-state index < -0.39 is 10.8 Å². The molecule has 0 radical (unpaired) electrons. The maximum Gasteiger partial charge on any atom is 0.250 e. The third-order valence-corrected chi connectivity index (χ3v) is 5.05. The second-order valence-corrected chi connectivity index (χ2v) is 7.36. The first-order valence-corrected chi connectivity index (χ1v) is 8.34. The molecule has 0 aliphatic carbocycles. The Morgan fingerprint density at radius 3 is 2.71 bits per heavy atom. The van der Waals surface area contributed by atoms with Crippen molar-refractivity contribution in [3.8, 4) is 0 Å². The fraction of sp³-hybridized carbons (Fsp3) is 0.400. The molecule has 1 aliphatic heterocycles. The molecule has 0 unspecified atom stereocenters. The molecule has 1 aromatic carbocycles. The Morgan fingerprint density at radius 1 is 1.33 bits per heavy atom. The zero-order chi connectivity index (χ0) is 17.5. The molecule has 1 aromatic heterocycles. The summed E-state index contributed by atoms with van der Waals surface area (Å²) in [6.07, 6.45) is 0. The third-order valence-electron chi connectivity index (χ3n) is 3.94. The first-order valence-electron chi connectivity index (χ1n) is 7.46. The summed E-state index contributed by atoms with van der Waals surface area (Å²) in [5, 5.41) is 14.2. The van der Waals surface area contributed by atoms with Gasteiger partial charge in [-0.2, -0.15) is 0 Å². The average molecular weight is 346 g/mol. The van der Waals surface area contributed by atoms with Crippen molar-refractivity contribution in [2.75, 3.05) is 10.2 Å². The van der Waals surface area contributed by atoms with Gasteiger partial charge in [-0.1, -0.05) is 23.9 Å². The molecular formula is C15H18N6O2S. The number of nitrogens with one attached hydrogen (secondary N) is 1. The lowest BCUT2D eigenvalue weighted by atomic mass is 9.96. The van der Waals surface area contributed by atoms with Crippen molar-refractivity contribution >= 4 is 35.0 Å². The van der Waals surface area contributed by atoms with Crippen molar-refractivity contribution in [1.82, 2.24) is 20.2 Å². The van der Waals surface area contributed by atoms with E-state index in [0.717, 1.165) is 0 Å². The van der Waals surface area contributed by atoms with Gasteiger partial charge in [0.25, 0.3) is 0 Å². The predicted octanol–water partition coefficient (Wildman–Crippen LogP) is 1.45. The summed E-state index contributed by atoms with van der Waals surface area (Å²) in [4.78, 5) is 27.1. The number of thioether (sulfide) groups is 1. The fourth-order valence-corrected chi connectivity index (χ4v) is 3.35. The summed E-state index contributed by atoms with van der Waals surface area (Å²) >= 11 is 1.26. The molecule has 2 aromatic rings. The van der Waals surface area contributed by atoms with Crippen molar-refractivity contribution in [3.63, 3.8) is 0 Å². The first-order chi connectivity index (χ1) is 11.3. The van der Waals surface area contributed by atoms with E-state index in [9.17, 15) is 9.59 Å². The highest BCUT2D eigenvalue weighted by Crippen LogP contribution is 2.38. The van der Waals surface area contributed by atoms with Gasteiger partial charge in [0, 0.05) is 7.05 Å². The highest BCUT2D eigenvalue weighted by Gasteiger charge is 2.44. The van der Waals surface area contributed by atoms with E-state index >= 15 is 0 Å².